The van der Waals surface area contributed by atoms with Gasteiger partial charge in [0.05, 0.1) is 12.1 Å². The lowest BCUT2D eigenvalue weighted by Gasteiger charge is -2.30. The molecule has 0 spiro atoms. The van der Waals surface area contributed by atoms with Gasteiger partial charge < -0.3 is 25.0 Å². The van der Waals surface area contributed by atoms with Crippen LogP contribution in [0.2, 0.25) is 0 Å². The van der Waals surface area contributed by atoms with Gasteiger partial charge in [0.15, 0.2) is 0 Å². The van der Waals surface area contributed by atoms with Gasteiger partial charge in [0.1, 0.15) is 0 Å². The minimum atomic E-state index is -4.03. The molecule has 0 radical (unpaired) electrons. The summed E-state index contributed by atoms with van der Waals surface area (Å²) in [6, 6.07) is -0.778. The second-order valence-corrected chi connectivity index (χ2v) is 5.26. The molecule has 1 rings (SSSR count). The van der Waals surface area contributed by atoms with Crippen molar-refractivity contribution in [2.24, 2.45) is 5.92 Å². The second-order valence-electron chi connectivity index (χ2n) is 3.56. The van der Waals surface area contributed by atoms with Crippen LogP contribution in [0.4, 0.5) is 0 Å². The van der Waals surface area contributed by atoms with Crippen molar-refractivity contribution < 1.29 is 24.3 Å². The minimum absolute atomic E-state index is 0.230. The van der Waals surface area contributed by atoms with Gasteiger partial charge >= 0.3 is 7.60 Å². The molecule has 0 aliphatic carbocycles. The van der Waals surface area contributed by atoms with Crippen LogP contribution in [0.5, 0.6) is 0 Å². The largest absolute Gasteiger partial charge is 0.548 e. The van der Waals surface area contributed by atoms with Crippen molar-refractivity contribution in [2.75, 3.05) is 12.7 Å². The molecule has 0 saturated carbocycles. The van der Waals surface area contributed by atoms with E-state index in [2.05, 4.69) is 5.32 Å². The topological polar surface area (TPSA) is 110 Å². The smallest absolute Gasteiger partial charge is 0.325 e. The van der Waals surface area contributed by atoms with E-state index in [0.29, 0.717) is 13.0 Å². The first-order valence-corrected chi connectivity index (χ1v) is 6.17. The fraction of sp³-hybridized carbons (Fsp3) is 0.857. The average molecular weight is 222 g/mol. The quantitative estimate of drug-likeness (QED) is 0.490. The maximum absolute atomic E-state index is 10.7. The van der Waals surface area contributed by atoms with Crippen LogP contribution in [-0.4, -0.2) is 34.5 Å². The molecule has 1 fully saturated rings. The van der Waals surface area contributed by atoms with Crippen LogP contribution < -0.4 is 10.4 Å². The zero-order valence-electron chi connectivity index (χ0n) is 7.55. The molecular weight excluding hydrogens is 209 g/mol. The van der Waals surface area contributed by atoms with E-state index >= 15 is 0 Å². The molecule has 0 aromatic carbocycles. The Hall–Kier alpha value is -0.420. The number of carbonyl (C=O) groups is 1. The molecule has 1 saturated heterocycles. The molecule has 0 aromatic heterocycles. The molecule has 1 heterocycles. The number of nitrogens with one attached hydrogen (secondary N) is 1. The van der Waals surface area contributed by atoms with Gasteiger partial charge in [-0.25, -0.2) is 0 Å². The second kappa shape index (κ2) is 4.40. The number of piperidine rings is 1. The predicted molar refractivity (Wildman–Crippen MR) is 46.4 cm³/mol. The van der Waals surface area contributed by atoms with E-state index in [-0.39, 0.29) is 18.5 Å². The molecule has 82 valence electrons. The Labute approximate surface area is 81.5 Å². The summed E-state index contributed by atoms with van der Waals surface area (Å²) in [6.07, 6.45) is 0.584. The Balaban J connectivity index is 2.48. The Bertz CT molecular complexity index is 263. The summed E-state index contributed by atoms with van der Waals surface area (Å²) < 4.78 is 10.7. The van der Waals surface area contributed by atoms with Crippen molar-refractivity contribution in [3.63, 3.8) is 0 Å². The number of aliphatic carboxylic acids is 1. The van der Waals surface area contributed by atoms with Crippen LogP contribution in [-0.2, 0) is 9.36 Å². The highest BCUT2D eigenvalue weighted by Gasteiger charge is 2.27. The third kappa shape index (κ3) is 3.75. The lowest BCUT2D eigenvalue weighted by molar-refractivity contribution is -0.309. The van der Waals surface area contributed by atoms with Crippen LogP contribution in [0.3, 0.4) is 0 Å². The van der Waals surface area contributed by atoms with Crippen molar-refractivity contribution >= 4 is 13.6 Å². The Morgan fingerprint density at radius 1 is 1.57 bits per heavy atom. The summed E-state index contributed by atoms with van der Waals surface area (Å²) in [5.41, 5.74) is 0. The Kier molecular flexibility index (Phi) is 3.66. The van der Waals surface area contributed by atoms with Crippen LogP contribution in [0.1, 0.15) is 12.8 Å². The fourth-order valence-electron chi connectivity index (χ4n) is 1.68. The fourth-order valence-corrected chi connectivity index (χ4v) is 2.68. The van der Waals surface area contributed by atoms with Crippen molar-refractivity contribution in [3.05, 3.63) is 0 Å². The van der Waals surface area contributed by atoms with Gasteiger partial charge in [0.25, 0.3) is 0 Å². The van der Waals surface area contributed by atoms with Crippen LogP contribution in [0.15, 0.2) is 0 Å². The van der Waals surface area contributed by atoms with Gasteiger partial charge in [0.2, 0.25) is 0 Å². The summed E-state index contributed by atoms with van der Waals surface area (Å²) in [6.45, 7) is 0.462. The summed E-state index contributed by atoms with van der Waals surface area (Å²) in [4.78, 5) is 27.9. The van der Waals surface area contributed by atoms with Crippen molar-refractivity contribution in [2.45, 2.75) is 18.9 Å². The van der Waals surface area contributed by atoms with E-state index in [1.807, 2.05) is 0 Å². The van der Waals surface area contributed by atoms with E-state index < -0.39 is 19.6 Å². The molecule has 0 aromatic rings. The number of rotatable bonds is 3. The molecule has 6 nitrogen and oxygen atoms in total. The zero-order valence-corrected chi connectivity index (χ0v) is 8.44. The van der Waals surface area contributed by atoms with Gasteiger partial charge in [-0.3, -0.25) is 4.57 Å². The van der Waals surface area contributed by atoms with Gasteiger partial charge in [-0.05, 0) is 25.3 Å². The van der Waals surface area contributed by atoms with E-state index in [1.54, 1.807) is 0 Å². The normalized spacial score (nSPS) is 28.7. The first-order chi connectivity index (χ1) is 6.38. The number of carbonyl (C=O) groups excluding carboxylic acids is 1. The molecule has 14 heavy (non-hydrogen) atoms. The van der Waals surface area contributed by atoms with Crippen molar-refractivity contribution in [3.8, 4) is 0 Å². The summed E-state index contributed by atoms with van der Waals surface area (Å²) in [5.74, 6) is -1.44. The third-order valence-electron chi connectivity index (χ3n) is 2.29. The van der Waals surface area contributed by atoms with Gasteiger partial charge in [-0.1, -0.05) is 0 Å². The molecule has 0 amide bonds. The summed E-state index contributed by atoms with van der Waals surface area (Å²) in [5, 5.41) is 13.2. The molecular formula is C7H13NO5P-. The van der Waals surface area contributed by atoms with E-state index in [0.717, 1.165) is 0 Å². The molecule has 3 N–H and O–H groups in total. The van der Waals surface area contributed by atoms with Gasteiger partial charge in [0, 0.05) is 6.04 Å². The molecule has 1 aliphatic heterocycles. The van der Waals surface area contributed by atoms with E-state index in [4.69, 9.17) is 9.79 Å². The van der Waals surface area contributed by atoms with Crippen molar-refractivity contribution in [1.29, 1.82) is 0 Å². The Morgan fingerprint density at radius 2 is 2.21 bits per heavy atom. The molecule has 1 aliphatic rings. The molecule has 2 unspecified atom stereocenters. The highest BCUT2D eigenvalue weighted by Crippen LogP contribution is 2.39. The third-order valence-corrected chi connectivity index (χ3v) is 3.28. The van der Waals surface area contributed by atoms with Gasteiger partial charge in [-0.15, -0.1) is 0 Å². The lowest BCUT2D eigenvalue weighted by atomic mass is 9.94. The maximum atomic E-state index is 10.7. The number of hydrogen-bond acceptors (Lipinski definition) is 4. The van der Waals surface area contributed by atoms with Crippen LogP contribution in [0, 0.1) is 5.92 Å². The SMILES string of the molecule is O=C([O-])C1CC(CP(=O)(O)O)CCN1. The van der Waals surface area contributed by atoms with E-state index in [9.17, 15) is 14.5 Å². The number of hydrogen-bond donors (Lipinski definition) is 3. The maximum Gasteiger partial charge on any atom is 0.325 e. The highest BCUT2D eigenvalue weighted by molar-refractivity contribution is 7.51. The number of carboxylic acid groups (broad SMARTS) is 1. The van der Waals surface area contributed by atoms with Crippen molar-refractivity contribution in [1.82, 2.24) is 5.32 Å². The monoisotopic (exact) mass is 222 g/mol. The zero-order chi connectivity index (χ0) is 10.8. The van der Waals surface area contributed by atoms with Gasteiger partial charge in [-0.2, -0.15) is 0 Å². The molecule has 7 heteroatoms. The highest BCUT2D eigenvalue weighted by atomic mass is 31.2. The average Bonchev–Trinajstić information content (AvgIpc) is 2.01. The molecule has 0 bridgehead atoms. The first kappa shape index (κ1) is 11.7. The minimum Gasteiger partial charge on any atom is -0.548 e. The molecule has 2 atom stereocenters. The summed E-state index contributed by atoms with van der Waals surface area (Å²) in [7, 11) is -4.03. The first-order valence-electron chi connectivity index (χ1n) is 4.37. The lowest BCUT2D eigenvalue weighted by Crippen LogP contribution is -2.50. The van der Waals surface area contributed by atoms with Crippen LogP contribution in [0.25, 0.3) is 0 Å². The predicted octanol–water partition coefficient (Wildman–Crippen LogP) is -1.72. The summed E-state index contributed by atoms with van der Waals surface area (Å²) >= 11 is 0. The standard InChI is InChI=1S/C7H14NO5P/c9-7(10)6-3-5(1-2-8-6)4-14(11,12)13/h5-6,8H,1-4H2,(H,9,10)(H2,11,12,13)/p-1. The van der Waals surface area contributed by atoms with Crippen LogP contribution >= 0.6 is 7.60 Å². The van der Waals surface area contributed by atoms with E-state index in [1.165, 1.54) is 0 Å². The Morgan fingerprint density at radius 3 is 2.71 bits per heavy atom. The number of carboxylic acids is 1.